The second kappa shape index (κ2) is 2.72. The molecule has 0 spiro atoms. The third-order valence-electron chi connectivity index (χ3n) is 1.23. The Balaban J connectivity index is 2.90. The summed E-state index contributed by atoms with van der Waals surface area (Å²) in [5.74, 6) is 0. The molecule has 2 radical (unpaired) electrons. The summed E-state index contributed by atoms with van der Waals surface area (Å²) in [4.78, 5) is 0. The molecule has 0 aliphatic carbocycles. The van der Waals surface area contributed by atoms with Gasteiger partial charge in [-0.25, -0.2) is 0 Å². The fourth-order valence-electron chi connectivity index (χ4n) is 0.585. The molecule has 0 atom stereocenters. The first kappa shape index (κ1) is 6.40. The molecule has 0 aliphatic rings. The van der Waals surface area contributed by atoms with E-state index in [0.29, 0.717) is 0 Å². The Kier molecular flexibility index (Phi) is 1.93. The van der Waals surface area contributed by atoms with Crippen molar-refractivity contribution in [2.45, 2.75) is 6.92 Å². The van der Waals surface area contributed by atoms with E-state index in [1.165, 1.54) is 0 Å². The molecule has 0 fully saturated rings. The van der Waals surface area contributed by atoms with Gasteiger partial charge >= 0.3 is 55.5 Å². The van der Waals surface area contributed by atoms with Crippen molar-refractivity contribution in [1.82, 2.24) is 0 Å². The molecule has 0 amide bonds. The number of hydrogen-bond donors (Lipinski definition) is 0. The third-order valence-corrected chi connectivity index (χ3v) is 1.23. The van der Waals surface area contributed by atoms with Crippen molar-refractivity contribution in [3.8, 4) is 0 Å². The molecule has 1 aromatic heterocycles. The summed E-state index contributed by atoms with van der Waals surface area (Å²) in [5, 5.41) is 0. The first-order valence-corrected chi connectivity index (χ1v) is 2.75. The molecule has 9 heavy (non-hydrogen) atoms. The van der Waals surface area contributed by atoms with Gasteiger partial charge in [-0.15, -0.1) is 0 Å². The van der Waals surface area contributed by atoms with Crippen molar-refractivity contribution < 1.29 is 4.42 Å². The van der Waals surface area contributed by atoms with Gasteiger partial charge in [0.05, 0.1) is 0 Å². The second-order valence-corrected chi connectivity index (χ2v) is 1.86. The maximum atomic E-state index is 5.26. The van der Waals surface area contributed by atoms with Crippen LogP contribution in [-0.4, -0.2) is 20.0 Å². The number of rotatable bonds is 1. The fraction of sp³-hybridized carbons (Fsp3) is 0.167. The van der Waals surface area contributed by atoms with Gasteiger partial charge in [0.15, 0.2) is 0 Å². The average Bonchev–Trinajstić information content (AvgIpc) is 2.37. The van der Waals surface area contributed by atoms with Crippen molar-refractivity contribution in [1.29, 1.82) is 0 Å². The standard InChI is InChI=1S/C6H6B2O/c1-5(8-7)6-2-3-9-4-6/h2-4H,1H3. The topological polar surface area (TPSA) is 13.1 Å². The van der Waals surface area contributed by atoms with Crippen LogP contribution in [-0.2, 0) is 0 Å². The summed E-state index contributed by atoms with van der Waals surface area (Å²) in [6.07, 6.45) is 3.29. The van der Waals surface area contributed by atoms with Gasteiger partial charge in [0.25, 0.3) is 0 Å². The van der Waals surface area contributed by atoms with Crippen LogP contribution in [0.1, 0.15) is 12.5 Å². The van der Waals surface area contributed by atoms with E-state index in [9.17, 15) is 0 Å². The van der Waals surface area contributed by atoms with E-state index >= 15 is 0 Å². The van der Waals surface area contributed by atoms with Crippen LogP contribution < -0.4 is 0 Å². The Morgan fingerprint density at radius 2 is 2.56 bits per heavy atom. The molecule has 42 valence electrons. The summed E-state index contributed by atoms with van der Waals surface area (Å²) in [5.41, 5.74) is 2.07. The summed E-state index contributed by atoms with van der Waals surface area (Å²) in [7, 11) is 5.26. The fourth-order valence-corrected chi connectivity index (χ4v) is 0.585. The average molecular weight is 116 g/mol. The van der Waals surface area contributed by atoms with Gasteiger partial charge in [-0.3, -0.25) is 0 Å². The SMILES string of the molecule is [B]B=C(C)c1ccoc1. The summed E-state index contributed by atoms with van der Waals surface area (Å²) in [6.45, 7) is 3.50. The van der Waals surface area contributed by atoms with Crippen LogP contribution in [0.5, 0.6) is 0 Å². The Labute approximate surface area is 56.4 Å². The molecule has 0 bridgehead atoms. The second-order valence-electron chi connectivity index (χ2n) is 1.86. The summed E-state index contributed by atoms with van der Waals surface area (Å²) in [6, 6.07) is 1.87. The molecule has 0 aromatic carbocycles. The Morgan fingerprint density at radius 3 is 3.00 bits per heavy atom. The molecular weight excluding hydrogens is 110 g/mol. The van der Waals surface area contributed by atoms with Crippen LogP contribution >= 0.6 is 0 Å². The zero-order valence-electron chi connectivity index (χ0n) is 5.29. The maximum absolute atomic E-state index is 5.26. The van der Waals surface area contributed by atoms with Crippen molar-refractivity contribution in [2.24, 2.45) is 0 Å². The summed E-state index contributed by atoms with van der Waals surface area (Å²) < 4.78 is 4.84. The van der Waals surface area contributed by atoms with Gasteiger partial charge in [0.2, 0.25) is 0 Å². The zero-order chi connectivity index (χ0) is 6.69. The first-order valence-electron chi connectivity index (χ1n) is 2.75. The molecular formula is C6H6B2O. The van der Waals surface area contributed by atoms with Gasteiger partial charge in [0.1, 0.15) is 0 Å². The van der Waals surface area contributed by atoms with Crippen LogP contribution in [0.3, 0.4) is 0 Å². The Morgan fingerprint density at radius 1 is 1.78 bits per heavy atom. The van der Waals surface area contributed by atoms with Crippen LogP contribution in [0.4, 0.5) is 0 Å². The predicted octanol–water partition coefficient (Wildman–Crippen LogP) is 0.608. The molecule has 1 heterocycles. The Hall–Kier alpha value is -0.720. The minimum absolute atomic E-state index is 1.03. The van der Waals surface area contributed by atoms with Gasteiger partial charge in [-0.05, 0) is 0 Å². The number of hydrogen-bond acceptors (Lipinski definition) is 1. The van der Waals surface area contributed by atoms with Crippen LogP contribution in [0.25, 0.3) is 0 Å². The zero-order valence-corrected chi connectivity index (χ0v) is 5.29. The third kappa shape index (κ3) is 1.35. The quantitative estimate of drug-likeness (QED) is 0.489. The molecule has 3 heteroatoms. The number of furan rings is 1. The van der Waals surface area contributed by atoms with Crippen molar-refractivity contribution >= 4 is 20.0 Å². The van der Waals surface area contributed by atoms with Crippen molar-refractivity contribution in [3.05, 3.63) is 24.2 Å². The van der Waals surface area contributed by atoms with Crippen molar-refractivity contribution in [3.63, 3.8) is 0 Å². The van der Waals surface area contributed by atoms with Gasteiger partial charge < -0.3 is 0 Å². The molecule has 0 aliphatic heterocycles. The van der Waals surface area contributed by atoms with E-state index in [0.717, 1.165) is 11.0 Å². The van der Waals surface area contributed by atoms with Crippen LogP contribution in [0, 0.1) is 0 Å². The van der Waals surface area contributed by atoms with E-state index in [1.54, 1.807) is 19.3 Å². The van der Waals surface area contributed by atoms with Crippen molar-refractivity contribution in [2.75, 3.05) is 0 Å². The van der Waals surface area contributed by atoms with Gasteiger partial charge in [-0.1, -0.05) is 0 Å². The molecule has 0 saturated carbocycles. The molecule has 0 unspecified atom stereocenters. The van der Waals surface area contributed by atoms with Gasteiger partial charge in [-0.2, -0.15) is 0 Å². The first-order chi connectivity index (χ1) is 4.34. The molecule has 0 N–H and O–H groups in total. The molecule has 1 nitrogen and oxygen atoms in total. The predicted molar refractivity (Wildman–Crippen MR) is 40.0 cm³/mol. The van der Waals surface area contributed by atoms with E-state index in [2.05, 4.69) is 0 Å². The van der Waals surface area contributed by atoms with E-state index in [4.69, 9.17) is 12.2 Å². The van der Waals surface area contributed by atoms with E-state index in [1.807, 2.05) is 13.0 Å². The normalized spacial score (nSPS) is 11.0. The summed E-state index contributed by atoms with van der Waals surface area (Å²) >= 11 is 0. The minimum atomic E-state index is 1.03. The molecule has 0 saturated heterocycles. The van der Waals surface area contributed by atoms with E-state index in [-0.39, 0.29) is 0 Å². The molecule has 1 aromatic rings. The molecule has 1 rings (SSSR count). The monoisotopic (exact) mass is 116 g/mol. The Bertz CT molecular complexity index is 201. The van der Waals surface area contributed by atoms with Crippen LogP contribution in [0.15, 0.2) is 23.0 Å². The van der Waals surface area contributed by atoms with Crippen LogP contribution in [0.2, 0.25) is 0 Å². The van der Waals surface area contributed by atoms with Gasteiger partial charge in [0, 0.05) is 0 Å². The van der Waals surface area contributed by atoms with E-state index < -0.39 is 0 Å².